The highest BCUT2D eigenvalue weighted by atomic mass is 16.4. The molecule has 0 aliphatic carbocycles. The summed E-state index contributed by atoms with van der Waals surface area (Å²) in [7, 11) is 1.49. The Balaban J connectivity index is 4.29. The van der Waals surface area contributed by atoms with E-state index in [1.54, 1.807) is 0 Å². The van der Waals surface area contributed by atoms with Crippen LogP contribution in [0.25, 0.3) is 0 Å². The van der Waals surface area contributed by atoms with Crippen LogP contribution >= 0.6 is 0 Å². The fraction of sp³-hybridized carbons (Fsp3) is 0.885. The summed E-state index contributed by atoms with van der Waals surface area (Å²) in [6, 6.07) is -0.467. The molecule has 0 saturated heterocycles. The molecular formula is C26H50N2O4. The number of carboxylic acid groups (broad SMARTS) is 1. The number of hydrogen-bond donors (Lipinski definition) is 2. The molecule has 1 atom stereocenters. The van der Waals surface area contributed by atoms with Gasteiger partial charge in [0.05, 0.1) is 6.42 Å². The topological polar surface area (TPSA) is 86.7 Å². The maximum atomic E-state index is 13.0. The molecule has 6 heteroatoms. The van der Waals surface area contributed by atoms with Crippen LogP contribution in [0, 0.1) is 11.3 Å². The molecule has 0 aliphatic rings. The Labute approximate surface area is 196 Å². The monoisotopic (exact) mass is 454 g/mol. The van der Waals surface area contributed by atoms with Gasteiger partial charge in [-0.15, -0.1) is 0 Å². The highest BCUT2D eigenvalue weighted by molar-refractivity contribution is 5.96. The van der Waals surface area contributed by atoms with Crippen molar-refractivity contribution in [2.45, 2.75) is 124 Å². The highest BCUT2D eigenvalue weighted by Crippen LogP contribution is 2.22. The number of nitrogens with zero attached hydrogens (tertiary/aromatic N) is 1. The number of carboxylic acids is 1. The van der Waals surface area contributed by atoms with Crippen LogP contribution in [-0.2, 0) is 9.59 Å². The van der Waals surface area contributed by atoms with Crippen LogP contribution in [0.5, 0.6) is 0 Å². The van der Waals surface area contributed by atoms with Gasteiger partial charge in [0.25, 0.3) is 0 Å². The Morgan fingerprint density at radius 2 is 1.25 bits per heavy atom. The van der Waals surface area contributed by atoms with Gasteiger partial charge in [-0.1, -0.05) is 111 Å². The molecule has 2 N–H and O–H groups in total. The summed E-state index contributed by atoms with van der Waals surface area (Å²) in [5.41, 5.74) is -0.258. The highest BCUT2D eigenvalue weighted by Gasteiger charge is 2.32. The van der Waals surface area contributed by atoms with Crippen LogP contribution < -0.4 is 5.32 Å². The first-order valence-electron chi connectivity index (χ1n) is 12.9. The van der Waals surface area contributed by atoms with Crippen LogP contribution in [0.3, 0.4) is 0 Å². The number of carbonyl (C=O) groups excluding carboxylic acids is 2. The summed E-state index contributed by atoms with van der Waals surface area (Å²) in [6.07, 6.45) is 16.4. The lowest BCUT2D eigenvalue weighted by molar-refractivity contribution is -0.144. The fourth-order valence-corrected chi connectivity index (χ4v) is 4.01. The van der Waals surface area contributed by atoms with E-state index in [2.05, 4.69) is 12.2 Å². The summed E-state index contributed by atoms with van der Waals surface area (Å²) in [4.78, 5) is 37.8. The van der Waals surface area contributed by atoms with E-state index in [1.165, 1.54) is 76.2 Å². The van der Waals surface area contributed by atoms with Crippen molar-refractivity contribution in [3.8, 4) is 0 Å². The molecule has 32 heavy (non-hydrogen) atoms. The van der Waals surface area contributed by atoms with Crippen molar-refractivity contribution in [1.29, 1.82) is 0 Å². The molecule has 0 aromatic rings. The number of nitrogens with one attached hydrogen (secondary N) is 1. The Bertz CT molecular complexity index is 528. The Hall–Kier alpha value is -1.59. The van der Waals surface area contributed by atoms with Crippen LogP contribution in [-0.4, -0.2) is 41.5 Å². The molecule has 3 amide bonds. The Morgan fingerprint density at radius 3 is 1.62 bits per heavy atom. The van der Waals surface area contributed by atoms with Gasteiger partial charge in [0, 0.05) is 19.5 Å². The number of urea groups is 1. The SMILES string of the molecule is CCCCCCCCCCCCCCCC(CC(=O)O)C(=O)N(CC(C)(C)C)C(=O)NC. The van der Waals surface area contributed by atoms with Crippen molar-refractivity contribution in [3.63, 3.8) is 0 Å². The third-order valence-corrected chi connectivity index (χ3v) is 5.78. The number of amides is 3. The number of unbranched alkanes of at least 4 members (excludes halogenated alkanes) is 12. The van der Waals surface area contributed by atoms with Crippen LogP contribution in [0.1, 0.15) is 124 Å². The maximum Gasteiger partial charge on any atom is 0.323 e. The summed E-state index contributed by atoms with van der Waals surface area (Å²) < 4.78 is 0. The van der Waals surface area contributed by atoms with Gasteiger partial charge < -0.3 is 10.4 Å². The van der Waals surface area contributed by atoms with Gasteiger partial charge in [-0.3, -0.25) is 14.5 Å². The lowest BCUT2D eigenvalue weighted by Crippen LogP contribution is -2.49. The fourth-order valence-electron chi connectivity index (χ4n) is 4.01. The molecule has 0 spiro atoms. The number of hydrogen-bond acceptors (Lipinski definition) is 3. The van der Waals surface area contributed by atoms with Gasteiger partial charge in [0.2, 0.25) is 5.91 Å². The van der Waals surface area contributed by atoms with Crippen molar-refractivity contribution >= 4 is 17.9 Å². The van der Waals surface area contributed by atoms with Crippen LogP contribution in [0.4, 0.5) is 4.79 Å². The third-order valence-electron chi connectivity index (χ3n) is 5.78. The van der Waals surface area contributed by atoms with Gasteiger partial charge in [-0.2, -0.15) is 0 Å². The molecular weight excluding hydrogens is 404 g/mol. The van der Waals surface area contributed by atoms with Gasteiger partial charge >= 0.3 is 12.0 Å². The second-order valence-corrected chi connectivity index (χ2v) is 10.4. The quantitative estimate of drug-likeness (QED) is 0.224. The summed E-state index contributed by atoms with van der Waals surface area (Å²) in [6.45, 7) is 8.37. The molecule has 1 unspecified atom stereocenters. The zero-order valence-electron chi connectivity index (χ0n) is 21.5. The molecule has 0 bridgehead atoms. The van der Waals surface area contributed by atoms with Crippen molar-refractivity contribution in [1.82, 2.24) is 10.2 Å². The van der Waals surface area contributed by atoms with Crippen molar-refractivity contribution in [2.75, 3.05) is 13.6 Å². The van der Waals surface area contributed by atoms with Crippen molar-refractivity contribution in [2.24, 2.45) is 11.3 Å². The molecule has 0 aliphatic heterocycles. The van der Waals surface area contributed by atoms with E-state index in [4.69, 9.17) is 0 Å². The van der Waals surface area contributed by atoms with E-state index in [0.717, 1.165) is 19.3 Å². The molecule has 188 valence electrons. The minimum atomic E-state index is -0.995. The first-order valence-corrected chi connectivity index (χ1v) is 12.9. The summed E-state index contributed by atoms with van der Waals surface area (Å²) in [5.74, 6) is -2.02. The average molecular weight is 455 g/mol. The van der Waals surface area contributed by atoms with Crippen LogP contribution in [0.2, 0.25) is 0 Å². The lowest BCUT2D eigenvalue weighted by atomic mass is 9.92. The van der Waals surface area contributed by atoms with Gasteiger partial charge in [0.15, 0.2) is 0 Å². The predicted octanol–water partition coefficient (Wildman–Crippen LogP) is 6.77. The van der Waals surface area contributed by atoms with Crippen molar-refractivity contribution in [3.05, 3.63) is 0 Å². The van der Waals surface area contributed by atoms with E-state index >= 15 is 0 Å². The Morgan fingerprint density at radius 1 is 0.812 bits per heavy atom. The molecule has 0 heterocycles. The molecule has 0 radical (unpaired) electrons. The van der Waals surface area contributed by atoms with E-state index < -0.39 is 17.9 Å². The van der Waals surface area contributed by atoms with E-state index in [9.17, 15) is 19.5 Å². The standard InChI is InChI=1S/C26H50N2O4/c1-6-7-8-9-10-11-12-13-14-15-16-17-18-19-22(20-23(29)30)24(31)28(25(32)27-5)21-26(2,3)4/h22H,6-21H2,1-5H3,(H,27,32)(H,29,30). The maximum absolute atomic E-state index is 13.0. The second-order valence-electron chi connectivity index (χ2n) is 10.4. The molecule has 0 rings (SSSR count). The van der Waals surface area contributed by atoms with Gasteiger partial charge in [-0.05, 0) is 11.8 Å². The molecule has 0 fully saturated rings. The van der Waals surface area contributed by atoms with Gasteiger partial charge in [0.1, 0.15) is 0 Å². The van der Waals surface area contributed by atoms with Gasteiger partial charge in [-0.25, -0.2) is 4.79 Å². The summed E-state index contributed by atoms with van der Waals surface area (Å²) in [5, 5.41) is 11.8. The van der Waals surface area contributed by atoms with E-state index in [0.29, 0.717) is 6.42 Å². The number of carbonyl (C=O) groups is 3. The van der Waals surface area contributed by atoms with E-state index in [1.807, 2.05) is 20.8 Å². The molecule has 0 aromatic heterocycles. The average Bonchev–Trinajstić information content (AvgIpc) is 2.72. The minimum absolute atomic E-state index is 0.227. The molecule has 6 nitrogen and oxygen atoms in total. The summed E-state index contributed by atoms with van der Waals surface area (Å²) >= 11 is 0. The smallest absolute Gasteiger partial charge is 0.323 e. The number of imide groups is 1. The van der Waals surface area contributed by atoms with E-state index in [-0.39, 0.29) is 24.3 Å². The molecule has 0 saturated carbocycles. The normalized spacial score (nSPS) is 12.4. The number of aliphatic carboxylic acids is 1. The lowest BCUT2D eigenvalue weighted by Gasteiger charge is -2.30. The van der Waals surface area contributed by atoms with Crippen molar-refractivity contribution < 1.29 is 19.5 Å². The first-order chi connectivity index (χ1) is 15.1. The second kappa shape index (κ2) is 17.9. The first kappa shape index (κ1) is 30.4. The van der Waals surface area contributed by atoms with Crippen LogP contribution in [0.15, 0.2) is 0 Å². The predicted molar refractivity (Wildman–Crippen MR) is 132 cm³/mol. The zero-order chi connectivity index (χ0) is 24.4. The molecule has 0 aromatic carbocycles. The third kappa shape index (κ3) is 16.1. The minimum Gasteiger partial charge on any atom is -0.481 e. The Kier molecular flexibility index (Phi) is 17.0. The zero-order valence-corrected chi connectivity index (χ0v) is 21.5. The largest absolute Gasteiger partial charge is 0.481 e. The number of rotatable bonds is 18.